The van der Waals surface area contributed by atoms with Crippen LogP contribution in [0.15, 0.2) is 0 Å². The molecule has 1 unspecified atom stereocenters. The smallest absolute Gasteiger partial charge is 0.263 e. The molecule has 0 radical (unpaired) electrons. The van der Waals surface area contributed by atoms with Crippen molar-refractivity contribution in [2.24, 2.45) is 0 Å². The second-order valence-electron chi connectivity index (χ2n) is 2.64. The van der Waals surface area contributed by atoms with Crippen LogP contribution in [0, 0.1) is 30.3 Å². The molecule has 0 aliphatic carbocycles. The summed E-state index contributed by atoms with van der Waals surface area (Å²) < 4.78 is 0. The van der Waals surface area contributed by atoms with Gasteiger partial charge in [-0.25, -0.2) is 20.2 Å². The third kappa shape index (κ3) is 2.37. The third-order valence-corrected chi connectivity index (χ3v) is 1.66. The summed E-state index contributed by atoms with van der Waals surface area (Å²) in [6.07, 6.45) is -1.57. The van der Waals surface area contributed by atoms with Crippen LogP contribution in [-0.4, -0.2) is 44.5 Å². The SMILES string of the molecule is O=[N+]([O-])C1CN([N+](=O)[O-])CN([N+](=O)[O-])N1. The van der Waals surface area contributed by atoms with E-state index in [-0.39, 0.29) is 5.12 Å². The van der Waals surface area contributed by atoms with Crippen LogP contribution >= 0.6 is 0 Å². The van der Waals surface area contributed by atoms with Crippen LogP contribution in [0.5, 0.6) is 0 Å². The lowest BCUT2D eigenvalue weighted by atomic mass is 10.5. The molecule has 0 aromatic carbocycles. The molecule has 1 atom stereocenters. The molecular formula is C3H6N6O6. The van der Waals surface area contributed by atoms with Gasteiger partial charge in [0.25, 0.3) is 0 Å². The van der Waals surface area contributed by atoms with Crippen LogP contribution in [0.1, 0.15) is 0 Å². The molecule has 1 aliphatic heterocycles. The fourth-order valence-corrected chi connectivity index (χ4v) is 0.997. The van der Waals surface area contributed by atoms with Crippen LogP contribution in [0.3, 0.4) is 0 Å². The van der Waals surface area contributed by atoms with Gasteiger partial charge in [-0.05, 0) is 5.12 Å². The molecule has 0 spiro atoms. The number of hydrogen-bond acceptors (Lipinski definition) is 7. The lowest BCUT2D eigenvalue weighted by molar-refractivity contribution is -0.748. The van der Waals surface area contributed by atoms with Gasteiger partial charge in [0, 0.05) is 4.92 Å². The van der Waals surface area contributed by atoms with E-state index in [1.54, 1.807) is 0 Å². The van der Waals surface area contributed by atoms with Gasteiger partial charge in [0.15, 0.2) is 16.6 Å². The van der Waals surface area contributed by atoms with Crippen molar-refractivity contribution in [2.45, 2.75) is 6.17 Å². The van der Waals surface area contributed by atoms with E-state index in [1.807, 2.05) is 5.43 Å². The number of hydrazine groups is 3. The lowest BCUT2D eigenvalue weighted by Gasteiger charge is -2.26. The van der Waals surface area contributed by atoms with Gasteiger partial charge in [0.05, 0.1) is 0 Å². The standard InChI is InChI=1S/C3H6N6O6/c10-7(11)3-1-5(8(12)13)2-6(4-3)9(14)15/h3-4H,1-2H2. The molecule has 0 aromatic heterocycles. The van der Waals surface area contributed by atoms with Gasteiger partial charge >= 0.3 is 6.17 Å². The van der Waals surface area contributed by atoms with Gasteiger partial charge in [0.1, 0.15) is 0 Å². The van der Waals surface area contributed by atoms with Crippen LogP contribution in [0.4, 0.5) is 0 Å². The minimum atomic E-state index is -1.57. The van der Waals surface area contributed by atoms with Gasteiger partial charge in [-0.3, -0.25) is 10.1 Å². The molecule has 1 aliphatic rings. The summed E-state index contributed by atoms with van der Waals surface area (Å²) in [7, 11) is 0. The summed E-state index contributed by atoms with van der Waals surface area (Å²) in [5.74, 6) is 0. The van der Waals surface area contributed by atoms with Crippen LogP contribution < -0.4 is 5.43 Å². The molecule has 1 N–H and O–H groups in total. The van der Waals surface area contributed by atoms with Crippen molar-refractivity contribution in [3.05, 3.63) is 30.3 Å². The molecule has 0 amide bonds. The van der Waals surface area contributed by atoms with Crippen molar-refractivity contribution >= 4 is 0 Å². The van der Waals surface area contributed by atoms with E-state index >= 15 is 0 Å². The van der Waals surface area contributed by atoms with Gasteiger partial charge in [-0.2, -0.15) is 0 Å². The lowest BCUT2D eigenvalue weighted by Crippen LogP contribution is -2.64. The molecule has 84 valence electrons. The van der Waals surface area contributed by atoms with Crippen LogP contribution in [0.25, 0.3) is 0 Å². The van der Waals surface area contributed by atoms with Crippen LogP contribution in [-0.2, 0) is 0 Å². The summed E-state index contributed by atoms with van der Waals surface area (Å²) in [6, 6.07) is 0. The molecule has 12 heteroatoms. The minimum Gasteiger partial charge on any atom is -0.263 e. The largest absolute Gasteiger partial charge is 0.309 e. The second-order valence-corrected chi connectivity index (χ2v) is 2.64. The first-order valence-electron chi connectivity index (χ1n) is 3.62. The van der Waals surface area contributed by atoms with Gasteiger partial charge in [0.2, 0.25) is 6.67 Å². The molecule has 0 bridgehead atoms. The van der Waals surface area contributed by atoms with Crippen molar-refractivity contribution in [3.8, 4) is 0 Å². The van der Waals surface area contributed by atoms with Gasteiger partial charge in [-0.15, -0.1) is 5.43 Å². The maximum absolute atomic E-state index is 10.3. The van der Waals surface area contributed by atoms with Crippen molar-refractivity contribution in [2.75, 3.05) is 13.2 Å². The molecule has 1 rings (SSSR count). The predicted molar refractivity (Wildman–Crippen MR) is 41.3 cm³/mol. The Hall–Kier alpha value is -2.24. The fraction of sp³-hybridized carbons (Fsp3) is 1.00. The van der Waals surface area contributed by atoms with Crippen molar-refractivity contribution in [1.29, 1.82) is 0 Å². The monoisotopic (exact) mass is 222 g/mol. The Morgan fingerprint density at radius 2 is 1.73 bits per heavy atom. The zero-order valence-electron chi connectivity index (χ0n) is 7.18. The maximum Gasteiger partial charge on any atom is 0.309 e. The first-order valence-corrected chi connectivity index (χ1v) is 3.62. The molecule has 1 heterocycles. The highest BCUT2D eigenvalue weighted by Crippen LogP contribution is 2.03. The third-order valence-electron chi connectivity index (χ3n) is 1.66. The fourth-order valence-electron chi connectivity index (χ4n) is 0.997. The number of nitrogens with zero attached hydrogens (tertiary/aromatic N) is 5. The summed E-state index contributed by atoms with van der Waals surface area (Å²) in [5.41, 5.74) is 1.93. The molecule has 0 aromatic rings. The first-order chi connectivity index (χ1) is 6.91. The van der Waals surface area contributed by atoms with Crippen molar-refractivity contribution in [3.63, 3.8) is 0 Å². The van der Waals surface area contributed by atoms with Gasteiger partial charge in [-0.1, -0.05) is 5.01 Å². The summed E-state index contributed by atoms with van der Waals surface area (Å²) in [5, 5.41) is 29.6. The Morgan fingerprint density at radius 1 is 1.13 bits per heavy atom. The first kappa shape index (κ1) is 10.8. The van der Waals surface area contributed by atoms with Crippen molar-refractivity contribution < 1.29 is 15.0 Å². The average Bonchev–Trinajstić information content (AvgIpc) is 2.16. The summed E-state index contributed by atoms with van der Waals surface area (Å²) in [6.45, 7) is -1.20. The Kier molecular flexibility index (Phi) is 2.80. The van der Waals surface area contributed by atoms with E-state index in [4.69, 9.17) is 0 Å². The predicted octanol–water partition coefficient (Wildman–Crippen LogP) is -1.95. The normalized spacial score (nSPS) is 21.2. The van der Waals surface area contributed by atoms with E-state index < -0.39 is 34.4 Å². The minimum absolute atomic E-state index is 0.194. The van der Waals surface area contributed by atoms with Gasteiger partial charge < -0.3 is 0 Å². The highest BCUT2D eigenvalue weighted by molar-refractivity contribution is 4.59. The second kappa shape index (κ2) is 3.87. The molecule has 12 nitrogen and oxygen atoms in total. The van der Waals surface area contributed by atoms with Crippen molar-refractivity contribution in [1.82, 2.24) is 15.6 Å². The average molecular weight is 222 g/mol. The Balaban J connectivity index is 2.77. The quantitative estimate of drug-likeness (QED) is 0.424. The molecule has 0 saturated carbocycles. The maximum atomic E-state index is 10.3. The Morgan fingerprint density at radius 3 is 2.13 bits per heavy atom. The topological polar surface area (TPSA) is 148 Å². The molecular weight excluding hydrogens is 216 g/mol. The van der Waals surface area contributed by atoms with E-state index in [2.05, 4.69) is 0 Å². The van der Waals surface area contributed by atoms with E-state index in [1.165, 1.54) is 0 Å². The van der Waals surface area contributed by atoms with Crippen LogP contribution in [0.2, 0.25) is 0 Å². The Labute approximate surface area is 81.4 Å². The zero-order chi connectivity index (χ0) is 11.6. The van der Waals surface area contributed by atoms with E-state index in [0.29, 0.717) is 5.01 Å². The summed E-state index contributed by atoms with van der Waals surface area (Å²) in [4.78, 5) is 30.1. The highest BCUT2D eigenvalue weighted by Gasteiger charge is 2.41. The number of nitro groups is 3. The summed E-state index contributed by atoms with van der Waals surface area (Å²) >= 11 is 0. The molecule has 1 saturated heterocycles. The molecule has 15 heavy (non-hydrogen) atoms. The Bertz CT molecular complexity index is 252. The number of hydrogen-bond donors (Lipinski definition) is 1. The highest BCUT2D eigenvalue weighted by atomic mass is 16.7. The zero-order valence-corrected chi connectivity index (χ0v) is 7.18. The van der Waals surface area contributed by atoms with E-state index in [0.717, 1.165) is 0 Å². The number of rotatable bonds is 3. The molecule has 1 fully saturated rings. The number of nitrogens with one attached hydrogen (secondary N) is 1. The van der Waals surface area contributed by atoms with E-state index in [9.17, 15) is 30.3 Å².